The number of carbonyl (C=O) groups is 2. The van der Waals surface area contributed by atoms with Crippen LogP contribution < -0.4 is 0 Å². The van der Waals surface area contributed by atoms with Crippen molar-refractivity contribution in [1.29, 1.82) is 0 Å². The van der Waals surface area contributed by atoms with Crippen LogP contribution in [0.5, 0.6) is 0 Å². The number of carboxylic acid groups (broad SMARTS) is 1. The summed E-state index contributed by atoms with van der Waals surface area (Å²) >= 11 is 0. The molecule has 0 unspecified atom stereocenters. The Hall–Kier alpha value is -2.88. The Morgan fingerprint density at radius 2 is 1.76 bits per heavy atom. The largest absolute Gasteiger partial charge is 0.478 e. The fourth-order valence-electron chi connectivity index (χ4n) is 2.49. The number of hydrogen-bond donors (Lipinski definition) is 1. The number of benzene rings is 1. The van der Waals surface area contributed by atoms with E-state index in [9.17, 15) is 9.59 Å². The molecule has 0 amide bonds. The molecule has 1 aromatic carbocycles. The standard InChI is InChI=1S/C17H13NO3/c1-11(19)16-15(12-5-3-2-4-6-12)9-14-8-7-13(17(20)21)10-18(14)16/h2-10H,1H3,(H,20,21). The lowest BCUT2D eigenvalue weighted by atomic mass is 10.0. The maximum absolute atomic E-state index is 12.0. The van der Waals surface area contributed by atoms with Gasteiger partial charge in [-0.05, 0) is 23.8 Å². The van der Waals surface area contributed by atoms with Crippen LogP contribution in [0.15, 0.2) is 54.7 Å². The van der Waals surface area contributed by atoms with Gasteiger partial charge >= 0.3 is 5.97 Å². The molecule has 1 N–H and O–H groups in total. The van der Waals surface area contributed by atoms with Crippen molar-refractivity contribution in [2.45, 2.75) is 6.92 Å². The lowest BCUT2D eigenvalue weighted by molar-refractivity contribution is 0.0696. The fraction of sp³-hybridized carbons (Fsp3) is 0.0588. The molecule has 4 nitrogen and oxygen atoms in total. The number of aromatic nitrogens is 1. The van der Waals surface area contributed by atoms with E-state index in [0.717, 1.165) is 16.6 Å². The van der Waals surface area contributed by atoms with Crippen molar-refractivity contribution >= 4 is 17.3 Å². The first kappa shape index (κ1) is 13.1. The zero-order chi connectivity index (χ0) is 15.0. The lowest BCUT2D eigenvalue weighted by Crippen LogP contribution is -2.04. The molecule has 0 aliphatic carbocycles. The molecule has 21 heavy (non-hydrogen) atoms. The van der Waals surface area contributed by atoms with E-state index in [1.54, 1.807) is 10.5 Å². The molecule has 4 heteroatoms. The van der Waals surface area contributed by atoms with Gasteiger partial charge < -0.3 is 9.51 Å². The Kier molecular flexibility index (Phi) is 3.06. The molecule has 0 atom stereocenters. The average molecular weight is 279 g/mol. The molecular formula is C17H13NO3. The van der Waals surface area contributed by atoms with Gasteiger partial charge in [-0.1, -0.05) is 30.3 Å². The molecule has 2 aromatic heterocycles. The number of aromatic carboxylic acids is 1. The van der Waals surface area contributed by atoms with Crippen LogP contribution in [0.25, 0.3) is 16.6 Å². The van der Waals surface area contributed by atoms with Crippen molar-refractivity contribution in [2.24, 2.45) is 0 Å². The molecule has 3 rings (SSSR count). The summed E-state index contributed by atoms with van der Waals surface area (Å²) in [5.74, 6) is -1.11. The molecule has 3 aromatic rings. The van der Waals surface area contributed by atoms with Crippen molar-refractivity contribution < 1.29 is 14.7 Å². The Bertz CT molecular complexity index is 847. The van der Waals surface area contributed by atoms with Crippen LogP contribution in [-0.2, 0) is 0 Å². The maximum atomic E-state index is 12.0. The second kappa shape index (κ2) is 4.90. The smallest absolute Gasteiger partial charge is 0.337 e. The third kappa shape index (κ3) is 2.21. The van der Waals surface area contributed by atoms with E-state index in [-0.39, 0.29) is 11.3 Å². The Morgan fingerprint density at radius 3 is 2.38 bits per heavy atom. The van der Waals surface area contributed by atoms with Gasteiger partial charge in [-0.3, -0.25) is 4.79 Å². The highest BCUT2D eigenvalue weighted by molar-refractivity contribution is 6.01. The number of Topliss-reactive ketones (excluding diaryl/α,β-unsaturated/α-hetero) is 1. The van der Waals surface area contributed by atoms with E-state index in [1.807, 2.05) is 36.4 Å². The second-order valence-electron chi connectivity index (χ2n) is 4.85. The van der Waals surface area contributed by atoms with Gasteiger partial charge in [-0.15, -0.1) is 0 Å². The molecule has 2 heterocycles. The van der Waals surface area contributed by atoms with Gasteiger partial charge in [-0.2, -0.15) is 0 Å². The third-order valence-electron chi connectivity index (χ3n) is 3.43. The predicted octanol–water partition coefficient (Wildman–Crippen LogP) is 3.51. The van der Waals surface area contributed by atoms with E-state index < -0.39 is 5.97 Å². The Balaban J connectivity index is 2.33. The molecule has 0 bridgehead atoms. The van der Waals surface area contributed by atoms with E-state index in [1.165, 1.54) is 19.2 Å². The van der Waals surface area contributed by atoms with E-state index in [4.69, 9.17) is 5.11 Å². The summed E-state index contributed by atoms with van der Waals surface area (Å²) in [6, 6.07) is 14.7. The highest BCUT2D eigenvalue weighted by atomic mass is 16.4. The van der Waals surface area contributed by atoms with Crippen LogP contribution in [0.1, 0.15) is 27.8 Å². The number of rotatable bonds is 3. The molecule has 0 aliphatic rings. The summed E-state index contributed by atoms with van der Waals surface area (Å²) in [6.45, 7) is 1.49. The van der Waals surface area contributed by atoms with E-state index >= 15 is 0 Å². The van der Waals surface area contributed by atoms with Crippen LogP contribution in [0.4, 0.5) is 0 Å². The number of fused-ring (bicyclic) bond motifs is 1. The van der Waals surface area contributed by atoms with Crippen molar-refractivity contribution in [3.05, 3.63) is 66.0 Å². The van der Waals surface area contributed by atoms with Crippen LogP contribution in [0.3, 0.4) is 0 Å². The van der Waals surface area contributed by atoms with Crippen LogP contribution in [-0.4, -0.2) is 21.3 Å². The Morgan fingerprint density at radius 1 is 1.05 bits per heavy atom. The lowest BCUT2D eigenvalue weighted by Gasteiger charge is -2.04. The molecule has 0 aliphatic heterocycles. The van der Waals surface area contributed by atoms with Crippen LogP contribution in [0, 0.1) is 0 Å². The summed E-state index contributed by atoms with van der Waals surface area (Å²) in [4.78, 5) is 23.1. The van der Waals surface area contributed by atoms with Gasteiger partial charge in [0.05, 0.1) is 11.3 Å². The predicted molar refractivity (Wildman–Crippen MR) is 79.8 cm³/mol. The SMILES string of the molecule is CC(=O)c1c(-c2ccccc2)cc2ccc(C(=O)O)cn12. The summed E-state index contributed by atoms with van der Waals surface area (Å²) in [5, 5.41) is 9.10. The zero-order valence-electron chi connectivity index (χ0n) is 11.4. The molecule has 104 valence electrons. The third-order valence-corrected chi connectivity index (χ3v) is 3.43. The first-order valence-corrected chi connectivity index (χ1v) is 6.52. The molecule has 0 saturated carbocycles. The average Bonchev–Trinajstić information content (AvgIpc) is 2.86. The first-order valence-electron chi connectivity index (χ1n) is 6.52. The van der Waals surface area contributed by atoms with Gasteiger partial charge in [0.25, 0.3) is 0 Å². The normalized spacial score (nSPS) is 10.7. The molecular weight excluding hydrogens is 266 g/mol. The topological polar surface area (TPSA) is 58.8 Å². The highest BCUT2D eigenvalue weighted by Gasteiger charge is 2.16. The second-order valence-corrected chi connectivity index (χ2v) is 4.85. The Labute approximate surface area is 121 Å². The van der Waals surface area contributed by atoms with Gasteiger partial charge in [-0.25, -0.2) is 4.79 Å². The molecule has 0 fully saturated rings. The summed E-state index contributed by atoms with van der Waals surface area (Å²) in [7, 11) is 0. The minimum Gasteiger partial charge on any atom is -0.478 e. The van der Waals surface area contributed by atoms with Crippen molar-refractivity contribution in [2.75, 3.05) is 0 Å². The van der Waals surface area contributed by atoms with E-state index in [0.29, 0.717) is 5.69 Å². The zero-order valence-corrected chi connectivity index (χ0v) is 11.4. The molecule has 0 spiro atoms. The number of nitrogens with zero attached hydrogens (tertiary/aromatic N) is 1. The van der Waals surface area contributed by atoms with Gasteiger partial charge in [0, 0.05) is 24.2 Å². The number of ketones is 1. The summed E-state index contributed by atoms with van der Waals surface area (Å²) in [5.41, 5.74) is 3.19. The molecule has 0 saturated heterocycles. The fourth-order valence-corrected chi connectivity index (χ4v) is 2.49. The summed E-state index contributed by atoms with van der Waals surface area (Å²) < 4.78 is 1.65. The maximum Gasteiger partial charge on any atom is 0.337 e. The first-order chi connectivity index (χ1) is 10.1. The monoisotopic (exact) mass is 279 g/mol. The van der Waals surface area contributed by atoms with Gasteiger partial charge in [0.2, 0.25) is 0 Å². The highest BCUT2D eigenvalue weighted by Crippen LogP contribution is 2.28. The minimum atomic E-state index is -1.01. The van der Waals surface area contributed by atoms with Crippen LogP contribution >= 0.6 is 0 Å². The van der Waals surface area contributed by atoms with Crippen molar-refractivity contribution in [3.8, 4) is 11.1 Å². The number of hydrogen-bond acceptors (Lipinski definition) is 2. The summed E-state index contributed by atoms with van der Waals surface area (Å²) in [6.07, 6.45) is 1.49. The van der Waals surface area contributed by atoms with E-state index in [2.05, 4.69) is 0 Å². The van der Waals surface area contributed by atoms with Gasteiger partial charge in [0.1, 0.15) is 0 Å². The number of pyridine rings is 1. The number of carboxylic acids is 1. The van der Waals surface area contributed by atoms with Crippen LogP contribution in [0.2, 0.25) is 0 Å². The minimum absolute atomic E-state index is 0.101. The van der Waals surface area contributed by atoms with Gasteiger partial charge in [0.15, 0.2) is 5.78 Å². The quantitative estimate of drug-likeness (QED) is 0.746. The number of carbonyl (C=O) groups excluding carboxylic acids is 1. The van der Waals surface area contributed by atoms with Crippen molar-refractivity contribution in [3.63, 3.8) is 0 Å². The van der Waals surface area contributed by atoms with Crippen molar-refractivity contribution in [1.82, 2.24) is 4.40 Å². The molecule has 0 radical (unpaired) electrons.